The van der Waals surface area contributed by atoms with E-state index >= 15 is 0 Å². The number of nitrogens with one attached hydrogen (secondary N) is 1. The standard InChI is InChI=1S/C16H16F2N2O3/c1-10-9-23-13(19-10)11-4-2-5-12(8-11)20-14(21)16(17,18)15(22)6-3-7-15/h2,4-5,8-9,22H,3,6-7H2,1H3,(H,20,21). The van der Waals surface area contributed by atoms with Crippen molar-refractivity contribution in [3.8, 4) is 11.5 Å². The number of aryl methyl sites for hydroxylation is 1. The summed E-state index contributed by atoms with van der Waals surface area (Å²) in [4.78, 5) is 16.0. The van der Waals surface area contributed by atoms with Crippen LogP contribution in [0.2, 0.25) is 0 Å². The number of carbonyl (C=O) groups is 1. The molecule has 1 aliphatic carbocycles. The predicted octanol–water partition coefficient (Wildman–Crippen LogP) is 3.14. The fourth-order valence-electron chi connectivity index (χ4n) is 2.46. The van der Waals surface area contributed by atoms with E-state index in [0.29, 0.717) is 23.6 Å². The van der Waals surface area contributed by atoms with Crippen LogP contribution in [0.1, 0.15) is 25.0 Å². The number of halogens is 2. The summed E-state index contributed by atoms with van der Waals surface area (Å²) in [6.45, 7) is 1.76. The highest BCUT2D eigenvalue weighted by molar-refractivity contribution is 5.97. The zero-order valence-corrected chi connectivity index (χ0v) is 12.5. The van der Waals surface area contributed by atoms with E-state index in [1.807, 2.05) is 0 Å². The van der Waals surface area contributed by atoms with Gasteiger partial charge >= 0.3 is 5.92 Å². The van der Waals surface area contributed by atoms with Crippen molar-refractivity contribution in [1.82, 2.24) is 4.98 Å². The number of rotatable bonds is 4. The van der Waals surface area contributed by atoms with E-state index in [1.165, 1.54) is 18.4 Å². The van der Waals surface area contributed by atoms with Crippen molar-refractivity contribution < 1.29 is 23.1 Å². The Morgan fingerprint density at radius 2 is 2.17 bits per heavy atom. The lowest BCUT2D eigenvalue weighted by atomic mass is 9.75. The van der Waals surface area contributed by atoms with Crippen LogP contribution in [0.4, 0.5) is 14.5 Å². The largest absolute Gasteiger partial charge is 0.444 e. The Kier molecular flexibility index (Phi) is 3.68. The summed E-state index contributed by atoms with van der Waals surface area (Å²) < 4.78 is 33.4. The van der Waals surface area contributed by atoms with E-state index in [1.54, 1.807) is 19.1 Å². The minimum Gasteiger partial charge on any atom is -0.444 e. The molecule has 2 N–H and O–H groups in total. The monoisotopic (exact) mass is 322 g/mol. The van der Waals surface area contributed by atoms with Gasteiger partial charge in [-0.15, -0.1) is 0 Å². The van der Waals surface area contributed by atoms with Gasteiger partial charge in [0.15, 0.2) is 0 Å². The van der Waals surface area contributed by atoms with E-state index in [4.69, 9.17) is 4.42 Å². The van der Waals surface area contributed by atoms with E-state index in [2.05, 4.69) is 10.3 Å². The molecule has 0 spiro atoms. The molecule has 23 heavy (non-hydrogen) atoms. The Labute approximate surface area is 131 Å². The van der Waals surface area contributed by atoms with Crippen LogP contribution in [-0.2, 0) is 4.79 Å². The van der Waals surface area contributed by atoms with Crippen LogP contribution < -0.4 is 5.32 Å². The van der Waals surface area contributed by atoms with Gasteiger partial charge in [0.1, 0.15) is 11.9 Å². The molecule has 1 aromatic carbocycles. The van der Waals surface area contributed by atoms with Crippen molar-refractivity contribution in [2.45, 2.75) is 37.7 Å². The van der Waals surface area contributed by atoms with Gasteiger partial charge in [-0.05, 0) is 44.4 Å². The van der Waals surface area contributed by atoms with Crippen molar-refractivity contribution in [3.05, 3.63) is 36.2 Å². The Hall–Kier alpha value is -2.28. The summed E-state index contributed by atoms with van der Waals surface area (Å²) in [5, 5.41) is 11.9. The lowest BCUT2D eigenvalue weighted by molar-refractivity contribution is -0.212. The maximum absolute atomic E-state index is 14.1. The van der Waals surface area contributed by atoms with Crippen LogP contribution in [0.3, 0.4) is 0 Å². The minimum atomic E-state index is -3.83. The van der Waals surface area contributed by atoms with Gasteiger partial charge in [-0.25, -0.2) is 4.98 Å². The van der Waals surface area contributed by atoms with E-state index < -0.39 is 17.4 Å². The second kappa shape index (κ2) is 5.42. The Balaban J connectivity index is 1.79. The maximum Gasteiger partial charge on any atom is 0.352 e. The van der Waals surface area contributed by atoms with Gasteiger partial charge in [-0.3, -0.25) is 4.79 Å². The second-order valence-corrected chi connectivity index (χ2v) is 5.79. The Morgan fingerprint density at radius 1 is 1.43 bits per heavy atom. The van der Waals surface area contributed by atoms with E-state index in [0.717, 1.165) is 0 Å². The molecule has 1 fully saturated rings. The number of carbonyl (C=O) groups excluding carboxylic acids is 1. The fraction of sp³-hybridized carbons (Fsp3) is 0.375. The Bertz CT molecular complexity index is 738. The third kappa shape index (κ3) is 2.72. The van der Waals surface area contributed by atoms with Crippen molar-refractivity contribution in [1.29, 1.82) is 0 Å². The van der Waals surface area contributed by atoms with Gasteiger partial charge in [0.05, 0.1) is 5.69 Å². The van der Waals surface area contributed by atoms with Crippen molar-refractivity contribution in [3.63, 3.8) is 0 Å². The molecule has 1 amide bonds. The number of nitrogens with zero attached hydrogens (tertiary/aromatic N) is 1. The number of aliphatic hydroxyl groups is 1. The summed E-state index contributed by atoms with van der Waals surface area (Å²) >= 11 is 0. The molecule has 0 atom stereocenters. The molecule has 1 saturated carbocycles. The van der Waals surface area contributed by atoms with Gasteiger partial charge in [0, 0.05) is 11.3 Å². The number of benzene rings is 1. The number of hydrogen-bond acceptors (Lipinski definition) is 4. The molecular formula is C16H16F2N2O3. The molecule has 122 valence electrons. The summed E-state index contributed by atoms with van der Waals surface area (Å²) in [5.41, 5.74) is -0.810. The average molecular weight is 322 g/mol. The molecule has 1 aromatic heterocycles. The molecule has 0 aliphatic heterocycles. The van der Waals surface area contributed by atoms with Gasteiger partial charge in [-0.1, -0.05) is 6.07 Å². The Morgan fingerprint density at radius 3 is 2.74 bits per heavy atom. The van der Waals surface area contributed by atoms with Crippen molar-refractivity contribution >= 4 is 11.6 Å². The lowest BCUT2D eigenvalue weighted by Gasteiger charge is -2.41. The number of aromatic nitrogens is 1. The molecule has 0 saturated heterocycles. The van der Waals surface area contributed by atoms with Crippen LogP contribution in [0.5, 0.6) is 0 Å². The van der Waals surface area contributed by atoms with Gasteiger partial charge in [0.2, 0.25) is 5.89 Å². The predicted molar refractivity (Wildman–Crippen MR) is 79.1 cm³/mol. The third-order valence-corrected chi connectivity index (χ3v) is 4.04. The quantitative estimate of drug-likeness (QED) is 0.907. The number of oxazole rings is 1. The maximum atomic E-state index is 14.1. The molecule has 1 aliphatic rings. The first-order valence-corrected chi connectivity index (χ1v) is 7.26. The molecule has 0 bridgehead atoms. The van der Waals surface area contributed by atoms with Crippen LogP contribution >= 0.6 is 0 Å². The molecule has 3 rings (SSSR count). The fourth-order valence-corrected chi connectivity index (χ4v) is 2.46. The van der Waals surface area contributed by atoms with Crippen LogP contribution in [0, 0.1) is 6.92 Å². The van der Waals surface area contributed by atoms with Gasteiger partial charge in [0.25, 0.3) is 5.91 Å². The first-order chi connectivity index (χ1) is 10.8. The summed E-state index contributed by atoms with van der Waals surface area (Å²) in [5.74, 6) is -5.01. The highest BCUT2D eigenvalue weighted by atomic mass is 19.3. The summed E-state index contributed by atoms with van der Waals surface area (Å²) in [6.07, 6.45) is 1.80. The molecule has 7 heteroatoms. The molecule has 1 heterocycles. The van der Waals surface area contributed by atoms with Gasteiger partial charge < -0.3 is 14.8 Å². The highest BCUT2D eigenvalue weighted by Gasteiger charge is 2.61. The molecule has 5 nitrogen and oxygen atoms in total. The summed E-state index contributed by atoms with van der Waals surface area (Å²) in [6, 6.07) is 6.27. The first-order valence-electron chi connectivity index (χ1n) is 7.26. The minimum absolute atomic E-state index is 0.0803. The summed E-state index contributed by atoms with van der Waals surface area (Å²) in [7, 11) is 0. The lowest BCUT2D eigenvalue weighted by Crippen LogP contribution is -2.59. The molecule has 0 unspecified atom stereocenters. The number of amides is 1. The van der Waals surface area contributed by atoms with Crippen molar-refractivity contribution in [2.24, 2.45) is 0 Å². The highest BCUT2D eigenvalue weighted by Crippen LogP contribution is 2.44. The average Bonchev–Trinajstić information content (AvgIpc) is 2.91. The normalized spacial score (nSPS) is 16.7. The van der Waals surface area contributed by atoms with Gasteiger partial charge in [-0.2, -0.15) is 8.78 Å². The number of alkyl halides is 2. The molecule has 2 aromatic rings. The van der Waals surface area contributed by atoms with Crippen LogP contribution in [0.25, 0.3) is 11.5 Å². The second-order valence-electron chi connectivity index (χ2n) is 5.79. The third-order valence-electron chi connectivity index (χ3n) is 4.04. The molecular weight excluding hydrogens is 306 g/mol. The zero-order chi connectivity index (χ0) is 16.7. The topological polar surface area (TPSA) is 75.4 Å². The van der Waals surface area contributed by atoms with E-state index in [-0.39, 0.29) is 18.5 Å². The first kappa shape index (κ1) is 15.6. The van der Waals surface area contributed by atoms with Crippen LogP contribution in [-0.4, -0.2) is 27.5 Å². The number of anilines is 1. The van der Waals surface area contributed by atoms with Crippen LogP contribution in [0.15, 0.2) is 34.9 Å². The number of hydrogen-bond donors (Lipinski definition) is 2. The zero-order valence-electron chi connectivity index (χ0n) is 12.5. The SMILES string of the molecule is Cc1coc(-c2cccc(NC(=O)C(F)(F)C3(O)CCC3)c2)n1. The smallest absolute Gasteiger partial charge is 0.352 e. The van der Waals surface area contributed by atoms with E-state index in [9.17, 15) is 18.7 Å². The van der Waals surface area contributed by atoms with Crippen molar-refractivity contribution in [2.75, 3.05) is 5.32 Å². The molecule has 0 radical (unpaired) electrons.